The first-order valence-electron chi connectivity index (χ1n) is 8.20. The molecule has 4 N–H and O–H groups in total. The largest absolute Gasteiger partial charge is 0.480 e. The average Bonchev–Trinajstić information content (AvgIpc) is 2.56. The monoisotopic (exact) mass is 337 g/mol. The Morgan fingerprint density at radius 2 is 2.00 bits per heavy atom. The van der Waals surface area contributed by atoms with Crippen molar-refractivity contribution in [1.82, 2.24) is 14.5 Å². The van der Waals surface area contributed by atoms with E-state index in [2.05, 4.69) is 9.97 Å². The fourth-order valence-corrected chi connectivity index (χ4v) is 3.19. The summed E-state index contributed by atoms with van der Waals surface area (Å²) in [5.41, 5.74) is 14.6. The molecular weight excluding hydrogens is 318 g/mol. The second-order valence-electron chi connectivity index (χ2n) is 6.28. The van der Waals surface area contributed by atoms with Gasteiger partial charge in [-0.2, -0.15) is 0 Å². The zero-order valence-corrected chi connectivity index (χ0v) is 13.9. The van der Waals surface area contributed by atoms with Gasteiger partial charge in [0.15, 0.2) is 0 Å². The molecule has 25 heavy (non-hydrogen) atoms. The quantitative estimate of drug-likeness (QED) is 0.759. The highest BCUT2D eigenvalue weighted by atomic mass is 16.5. The minimum absolute atomic E-state index is 0.0940. The van der Waals surface area contributed by atoms with Crippen LogP contribution in [0.1, 0.15) is 25.3 Å². The van der Waals surface area contributed by atoms with E-state index in [0.29, 0.717) is 22.5 Å². The summed E-state index contributed by atoms with van der Waals surface area (Å²) in [6, 6.07) is 7.44. The summed E-state index contributed by atoms with van der Waals surface area (Å²) in [4.78, 5) is 21.5. The van der Waals surface area contributed by atoms with Crippen LogP contribution >= 0.6 is 0 Å². The summed E-state index contributed by atoms with van der Waals surface area (Å²) in [6.07, 6.45) is 4.73. The van der Waals surface area contributed by atoms with Crippen molar-refractivity contribution in [3.8, 4) is 17.0 Å². The summed E-state index contributed by atoms with van der Waals surface area (Å²) in [5.74, 6) is 0.664. The van der Waals surface area contributed by atoms with Gasteiger partial charge in [-0.25, -0.2) is 9.97 Å². The summed E-state index contributed by atoms with van der Waals surface area (Å²) in [5, 5.41) is 0.549. The summed E-state index contributed by atoms with van der Waals surface area (Å²) < 4.78 is 6.71. The van der Waals surface area contributed by atoms with Gasteiger partial charge in [-0.3, -0.25) is 9.36 Å². The highest BCUT2D eigenvalue weighted by Crippen LogP contribution is 2.33. The maximum Gasteiger partial charge on any atom is 0.263 e. The van der Waals surface area contributed by atoms with Crippen molar-refractivity contribution in [2.75, 3.05) is 18.6 Å². The number of rotatable bonds is 3. The van der Waals surface area contributed by atoms with Gasteiger partial charge in [0.25, 0.3) is 5.56 Å². The zero-order valence-electron chi connectivity index (χ0n) is 13.9. The molecule has 7 nitrogen and oxygen atoms in total. The Balaban J connectivity index is 1.87. The number of nitrogens with two attached hydrogens (primary N) is 2. The van der Waals surface area contributed by atoms with Crippen molar-refractivity contribution in [2.45, 2.75) is 25.3 Å². The van der Waals surface area contributed by atoms with Gasteiger partial charge >= 0.3 is 0 Å². The summed E-state index contributed by atoms with van der Waals surface area (Å²) in [7, 11) is 1.52. The smallest absolute Gasteiger partial charge is 0.263 e. The minimum Gasteiger partial charge on any atom is -0.480 e. The van der Waals surface area contributed by atoms with E-state index in [-0.39, 0.29) is 17.5 Å². The van der Waals surface area contributed by atoms with Crippen LogP contribution in [-0.2, 0) is 0 Å². The van der Waals surface area contributed by atoms with Crippen LogP contribution in [0.3, 0.4) is 0 Å². The number of pyridine rings is 1. The molecule has 1 aliphatic carbocycles. The summed E-state index contributed by atoms with van der Waals surface area (Å²) in [6.45, 7) is 0. The van der Waals surface area contributed by atoms with Crippen molar-refractivity contribution in [1.29, 1.82) is 0 Å². The van der Waals surface area contributed by atoms with Crippen molar-refractivity contribution in [3.05, 3.63) is 40.8 Å². The predicted octanol–water partition coefficient (Wildman–Crippen LogP) is 2.36. The highest BCUT2D eigenvalue weighted by Gasteiger charge is 2.24. The van der Waals surface area contributed by atoms with Crippen LogP contribution in [0.4, 0.5) is 11.6 Å². The van der Waals surface area contributed by atoms with Crippen LogP contribution < -0.4 is 21.8 Å². The van der Waals surface area contributed by atoms with Crippen molar-refractivity contribution >= 4 is 22.5 Å². The number of nitrogen functional groups attached to an aromatic ring is 2. The number of fused-ring (bicyclic) bond motifs is 1. The number of ether oxygens (including phenoxy) is 1. The second-order valence-corrected chi connectivity index (χ2v) is 6.28. The molecule has 1 aromatic carbocycles. The van der Waals surface area contributed by atoms with Crippen LogP contribution in [0.5, 0.6) is 5.88 Å². The molecule has 1 saturated carbocycles. The molecule has 0 aliphatic heterocycles. The minimum atomic E-state index is -0.0940. The Morgan fingerprint density at radius 3 is 2.64 bits per heavy atom. The maximum atomic E-state index is 12.9. The molecule has 0 amide bonds. The molecule has 2 aromatic heterocycles. The van der Waals surface area contributed by atoms with Gasteiger partial charge in [0.05, 0.1) is 23.7 Å². The van der Waals surface area contributed by atoms with E-state index in [9.17, 15) is 4.79 Å². The first-order valence-corrected chi connectivity index (χ1v) is 8.20. The Hall–Kier alpha value is -3.09. The molecule has 0 atom stereocenters. The van der Waals surface area contributed by atoms with Gasteiger partial charge in [0, 0.05) is 17.8 Å². The van der Waals surface area contributed by atoms with E-state index in [1.807, 2.05) is 12.1 Å². The lowest BCUT2D eigenvalue weighted by Gasteiger charge is -2.28. The van der Waals surface area contributed by atoms with Crippen molar-refractivity contribution in [3.63, 3.8) is 0 Å². The van der Waals surface area contributed by atoms with Crippen LogP contribution in [0.15, 0.2) is 35.3 Å². The molecule has 7 heteroatoms. The number of benzene rings is 1. The Bertz CT molecular complexity index is 1020. The lowest BCUT2D eigenvalue weighted by Crippen LogP contribution is -2.31. The van der Waals surface area contributed by atoms with Gasteiger partial charge < -0.3 is 16.2 Å². The topological polar surface area (TPSA) is 109 Å². The van der Waals surface area contributed by atoms with Gasteiger partial charge in [0.1, 0.15) is 0 Å². The number of hydrogen-bond donors (Lipinski definition) is 2. The average molecular weight is 337 g/mol. The van der Waals surface area contributed by atoms with Gasteiger partial charge in [-0.15, -0.1) is 0 Å². The third kappa shape index (κ3) is 2.48. The first-order chi connectivity index (χ1) is 12.1. The van der Waals surface area contributed by atoms with E-state index < -0.39 is 0 Å². The Morgan fingerprint density at radius 1 is 1.20 bits per heavy atom. The van der Waals surface area contributed by atoms with Crippen molar-refractivity contribution in [2.24, 2.45) is 0 Å². The van der Waals surface area contributed by atoms with E-state index in [1.54, 1.807) is 22.9 Å². The SMILES string of the molecule is COc1ncc(-c2ccc3nc(N)n(C4CCC4)c(=O)c3c2)cc1N. The third-order valence-electron chi connectivity index (χ3n) is 4.77. The molecule has 1 fully saturated rings. The molecule has 2 heterocycles. The van der Waals surface area contributed by atoms with Crippen LogP contribution in [0, 0.1) is 0 Å². The normalized spacial score (nSPS) is 14.4. The Kier molecular flexibility index (Phi) is 3.56. The van der Waals surface area contributed by atoms with E-state index in [4.69, 9.17) is 16.2 Å². The molecule has 0 radical (unpaired) electrons. The molecular formula is C18H19N5O2. The molecule has 0 saturated heterocycles. The van der Waals surface area contributed by atoms with Crippen LogP contribution in [0.25, 0.3) is 22.0 Å². The van der Waals surface area contributed by atoms with E-state index >= 15 is 0 Å². The summed E-state index contributed by atoms with van der Waals surface area (Å²) >= 11 is 0. The van der Waals surface area contributed by atoms with Gasteiger partial charge in [-0.1, -0.05) is 6.07 Å². The lowest BCUT2D eigenvalue weighted by atomic mass is 9.92. The number of aromatic nitrogens is 3. The number of anilines is 2. The van der Waals surface area contributed by atoms with Gasteiger partial charge in [-0.05, 0) is 43.0 Å². The third-order valence-corrected chi connectivity index (χ3v) is 4.77. The molecule has 128 valence electrons. The zero-order chi connectivity index (χ0) is 17.6. The predicted molar refractivity (Wildman–Crippen MR) is 97.5 cm³/mol. The molecule has 4 rings (SSSR count). The Labute approximate surface area is 144 Å². The lowest BCUT2D eigenvalue weighted by molar-refractivity contribution is 0.309. The fraction of sp³-hybridized carbons (Fsp3) is 0.278. The number of methoxy groups -OCH3 is 1. The van der Waals surface area contributed by atoms with Crippen LogP contribution in [0.2, 0.25) is 0 Å². The van der Waals surface area contributed by atoms with E-state index in [0.717, 1.165) is 30.4 Å². The fourth-order valence-electron chi connectivity index (χ4n) is 3.19. The highest BCUT2D eigenvalue weighted by molar-refractivity contribution is 5.85. The van der Waals surface area contributed by atoms with Crippen LogP contribution in [-0.4, -0.2) is 21.6 Å². The number of hydrogen-bond acceptors (Lipinski definition) is 6. The molecule has 3 aromatic rings. The maximum absolute atomic E-state index is 12.9. The standard InChI is InChI=1S/C18H19N5O2/c1-25-16-14(19)8-11(9-21-16)10-5-6-15-13(7-10)17(24)23(18(20)22-15)12-3-2-4-12/h5-9,12H,2-4,19H2,1H3,(H2,20,22). The second kappa shape index (κ2) is 5.77. The molecule has 1 aliphatic rings. The van der Waals surface area contributed by atoms with E-state index in [1.165, 1.54) is 7.11 Å². The molecule has 0 unspecified atom stereocenters. The van der Waals surface area contributed by atoms with Gasteiger partial charge in [0.2, 0.25) is 11.8 Å². The number of nitrogens with zero attached hydrogens (tertiary/aromatic N) is 3. The van der Waals surface area contributed by atoms with Crippen molar-refractivity contribution < 1.29 is 4.74 Å². The molecule has 0 bridgehead atoms. The molecule has 0 spiro atoms. The first kappa shape index (κ1) is 15.4.